The van der Waals surface area contributed by atoms with E-state index in [1.165, 1.54) is 24.4 Å². The van der Waals surface area contributed by atoms with Crippen molar-refractivity contribution in [1.29, 1.82) is 0 Å². The number of carbonyl (C=O) groups is 1. The molecule has 1 aromatic carbocycles. The van der Waals surface area contributed by atoms with E-state index in [2.05, 4.69) is 10.5 Å². The quantitative estimate of drug-likeness (QED) is 0.488. The summed E-state index contributed by atoms with van der Waals surface area (Å²) < 4.78 is 19.0. The van der Waals surface area contributed by atoms with E-state index in [-0.39, 0.29) is 11.4 Å². The van der Waals surface area contributed by atoms with Crippen LogP contribution in [0.5, 0.6) is 0 Å². The largest absolute Gasteiger partial charge is 0.394 e. The van der Waals surface area contributed by atoms with Gasteiger partial charge >= 0.3 is 11.7 Å². The SMILES string of the molecule is O=C(ONc1ccn([C@@H]2O[C@H](CO)[C@@H](O)[C@H]2O)c(=O)n1)c1ccc(F)cc1. The summed E-state index contributed by atoms with van der Waals surface area (Å²) in [6.07, 6.45) is -3.85. The van der Waals surface area contributed by atoms with Gasteiger partial charge in [0.15, 0.2) is 12.0 Å². The molecule has 4 N–H and O–H groups in total. The number of aromatic nitrogens is 2. The van der Waals surface area contributed by atoms with Gasteiger partial charge in [-0.3, -0.25) is 4.57 Å². The standard InChI is InChI=1S/C16H16FN3O7/c17-9-3-1-8(2-4-9)15(24)27-19-11-5-6-20(16(25)18-11)14-13(23)12(22)10(7-21)26-14/h1-6,10,12-14,21-23H,7H2,(H,18,19,25)/t10-,12-,13-,14-/m1/s1. The summed E-state index contributed by atoms with van der Waals surface area (Å²) in [5.74, 6) is -1.42. The third-order valence-electron chi connectivity index (χ3n) is 3.95. The number of anilines is 1. The molecule has 1 aliphatic heterocycles. The minimum Gasteiger partial charge on any atom is -0.394 e. The molecule has 2 aromatic rings. The molecule has 1 saturated heterocycles. The van der Waals surface area contributed by atoms with E-state index in [9.17, 15) is 24.2 Å². The van der Waals surface area contributed by atoms with Crippen molar-refractivity contribution in [2.75, 3.05) is 12.1 Å². The summed E-state index contributed by atoms with van der Waals surface area (Å²) in [4.78, 5) is 32.3. The fourth-order valence-corrected chi connectivity index (χ4v) is 2.52. The Labute approximate surface area is 151 Å². The van der Waals surface area contributed by atoms with E-state index >= 15 is 0 Å². The molecule has 0 spiro atoms. The number of carbonyl (C=O) groups excluding carboxylic acids is 1. The van der Waals surface area contributed by atoms with Gasteiger partial charge in [0.2, 0.25) is 0 Å². The van der Waals surface area contributed by atoms with Crippen LogP contribution in [0.3, 0.4) is 0 Å². The highest BCUT2D eigenvalue weighted by Gasteiger charge is 2.43. The second-order valence-electron chi connectivity index (χ2n) is 5.73. The fourth-order valence-electron chi connectivity index (χ4n) is 2.52. The third kappa shape index (κ3) is 3.95. The molecule has 144 valence electrons. The van der Waals surface area contributed by atoms with Crippen molar-refractivity contribution >= 4 is 11.8 Å². The van der Waals surface area contributed by atoms with Gasteiger partial charge in [0, 0.05) is 12.3 Å². The second kappa shape index (κ2) is 7.80. The molecule has 10 nitrogen and oxygen atoms in total. The third-order valence-corrected chi connectivity index (χ3v) is 3.95. The molecular formula is C16H16FN3O7. The highest BCUT2D eigenvalue weighted by molar-refractivity contribution is 5.89. The first-order chi connectivity index (χ1) is 12.9. The zero-order valence-electron chi connectivity index (χ0n) is 13.7. The summed E-state index contributed by atoms with van der Waals surface area (Å²) in [6.45, 7) is -0.532. The van der Waals surface area contributed by atoms with Crippen LogP contribution in [0.1, 0.15) is 16.6 Å². The molecule has 2 heterocycles. The lowest BCUT2D eigenvalue weighted by molar-refractivity contribution is -0.0549. The van der Waals surface area contributed by atoms with E-state index in [0.717, 1.165) is 16.7 Å². The molecule has 4 atom stereocenters. The number of aliphatic hydroxyl groups is 3. The Morgan fingerprint density at radius 2 is 1.96 bits per heavy atom. The first kappa shape index (κ1) is 18.9. The number of halogens is 1. The monoisotopic (exact) mass is 381 g/mol. The molecule has 0 aliphatic carbocycles. The van der Waals surface area contributed by atoms with Crippen molar-refractivity contribution in [3.8, 4) is 0 Å². The number of ether oxygens (including phenoxy) is 1. The van der Waals surface area contributed by atoms with Crippen molar-refractivity contribution in [3.63, 3.8) is 0 Å². The van der Waals surface area contributed by atoms with Crippen LogP contribution in [0.4, 0.5) is 10.2 Å². The lowest BCUT2D eigenvalue weighted by Crippen LogP contribution is -2.36. The smallest absolute Gasteiger partial charge is 0.362 e. The van der Waals surface area contributed by atoms with Crippen LogP contribution in [-0.2, 0) is 9.57 Å². The van der Waals surface area contributed by atoms with Gasteiger partial charge in [-0.2, -0.15) is 10.5 Å². The summed E-state index contributed by atoms with van der Waals surface area (Å²) in [7, 11) is 0. The van der Waals surface area contributed by atoms with Crippen LogP contribution in [-0.4, -0.2) is 55.8 Å². The van der Waals surface area contributed by atoms with Gasteiger partial charge in [-0.05, 0) is 24.3 Å². The molecule has 1 aromatic heterocycles. The Bertz CT molecular complexity index is 873. The molecular weight excluding hydrogens is 365 g/mol. The molecule has 1 fully saturated rings. The van der Waals surface area contributed by atoms with Gasteiger partial charge < -0.3 is 24.9 Å². The van der Waals surface area contributed by atoms with Crippen LogP contribution in [0, 0.1) is 5.82 Å². The van der Waals surface area contributed by atoms with Crippen molar-refractivity contribution in [2.24, 2.45) is 0 Å². The molecule has 0 bridgehead atoms. The Balaban J connectivity index is 1.67. The van der Waals surface area contributed by atoms with Crippen LogP contribution in [0.15, 0.2) is 41.3 Å². The van der Waals surface area contributed by atoms with Crippen molar-refractivity contribution in [3.05, 3.63) is 58.4 Å². The lowest BCUT2D eigenvalue weighted by Gasteiger charge is -2.17. The van der Waals surface area contributed by atoms with Crippen LogP contribution >= 0.6 is 0 Å². The van der Waals surface area contributed by atoms with E-state index in [4.69, 9.17) is 14.7 Å². The Morgan fingerprint density at radius 1 is 1.26 bits per heavy atom. The van der Waals surface area contributed by atoms with Crippen molar-refractivity contribution < 1.29 is 34.1 Å². The minimum absolute atomic E-state index is 0.0868. The molecule has 27 heavy (non-hydrogen) atoms. The zero-order chi connectivity index (χ0) is 19.6. The van der Waals surface area contributed by atoms with Gasteiger partial charge in [-0.1, -0.05) is 0 Å². The number of nitrogens with zero attached hydrogens (tertiary/aromatic N) is 2. The van der Waals surface area contributed by atoms with Crippen LogP contribution in [0.2, 0.25) is 0 Å². The van der Waals surface area contributed by atoms with Crippen molar-refractivity contribution in [2.45, 2.75) is 24.5 Å². The first-order valence-corrected chi connectivity index (χ1v) is 7.85. The number of benzene rings is 1. The topological polar surface area (TPSA) is 143 Å². The van der Waals surface area contributed by atoms with Gasteiger partial charge in [0.25, 0.3) is 0 Å². The first-order valence-electron chi connectivity index (χ1n) is 7.85. The molecule has 0 radical (unpaired) electrons. The maximum Gasteiger partial charge on any atom is 0.362 e. The van der Waals surface area contributed by atoms with E-state index in [0.29, 0.717) is 0 Å². The number of nitrogens with one attached hydrogen (secondary N) is 1. The Hall–Kier alpha value is -2.86. The Morgan fingerprint density at radius 3 is 2.56 bits per heavy atom. The minimum atomic E-state index is -1.43. The average molecular weight is 381 g/mol. The zero-order valence-corrected chi connectivity index (χ0v) is 13.7. The normalized spacial score (nSPS) is 24.6. The molecule has 1 aliphatic rings. The summed E-state index contributed by atoms with van der Waals surface area (Å²) in [5, 5.41) is 28.8. The van der Waals surface area contributed by atoms with Gasteiger partial charge in [0.05, 0.1) is 12.2 Å². The highest BCUT2D eigenvalue weighted by atomic mass is 19.1. The second-order valence-corrected chi connectivity index (χ2v) is 5.73. The number of aliphatic hydroxyl groups excluding tert-OH is 3. The highest BCUT2D eigenvalue weighted by Crippen LogP contribution is 2.28. The van der Waals surface area contributed by atoms with Crippen LogP contribution < -0.4 is 11.2 Å². The summed E-state index contributed by atoms with van der Waals surface area (Å²) in [5.41, 5.74) is 1.43. The maximum atomic E-state index is 12.8. The Kier molecular flexibility index (Phi) is 5.46. The fraction of sp³-hybridized carbons (Fsp3) is 0.312. The number of hydrogen-bond donors (Lipinski definition) is 4. The van der Waals surface area contributed by atoms with E-state index < -0.39 is 48.6 Å². The molecule has 0 saturated carbocycles. The number of rotatable bonds is 5. The lowest BCUT2D eigenvalue weighted by atomic mass is 10.1. The predicted molar refractivity (Wildman–Crippen MR) is 86.9 cm³/mol. The molecule has 11 heteroatoms. The average Bonchev–Trinajstić information content (AvgIpc) is 2.95. The number of hydrogen-bond acceptors (Lipinski definition) is 9. The van der Waals surface area contributed by atoms with Gasteiger partial charge in [0.1, 0.15) is 24.1 Å². The molecule has 0 unspecified atom stereocenters. The summed E-state index contributed by atoms with van der Waals surface area (Å²) >= 11 is 0. The van der Waals surface area contributed by atoms with Gasteiger partial charge in [-0.15, -0.1) is 0 Å². The van der Waals surface area contributed by atoms with Crippen molar-refractivity contribution in [1.82, 2.24) is 9.55 Å². The maximum absolute atomic E-state index is 12.8. The van der Waals surface area contributed by atoms with Crippen LogP contribution in [0.25, 0.3) is 0 Å². The van der Waals surface area contributed by atoms with E-state index in [1.54, 1.807) is 0 Å². The van der Waals surface area contributed by atoms with Gasteiger partial charge in [-0.25, -0.2) is 14.0 Å². The predicted octanol–water partition coefficient (Wildman–Crippen LogP) is -0.822. The summed E-state index contributed by atoms with van der Waals surface area (Å²) in [6, 6.07) is 5.92. The van der Waals surface area contributed by atoms with E-state index in [1.807, 2.05) is 0 Å². The molecule has 3 rings (SSSR count). The molecule has 0 amide bonds.